The fourth-order valence-corrected chi connectivity index (χ4v) is 1.01. The van der Waals surface area contributed by atoms with Crippen molar-refractivity contribution in [2.45, 2.75) is 6.04 Å². The first kappa shape index (κ1) is 13.5. The first-order chi connectivity index (χ1) is 6.56. The Kier molecular flexibility index (Phi) is 4.90. The summed E-state index contributed by atoms with van der Waals surface area (Å²) in [4.78, 5) is 9.60. The molecule has 6 heteroatoms. The molecule has 0 aliphatic rings. The van der Waals surface area contributed by atoms with Gasteiger partial charge in [0.1, 0.15) is 0 Å². The number of nitrogens with two attached hydrogens (primary N) is 1. The molecule has 0 amide bonds. The molecule has 15 heavy (non-hydrogen) atoms. The van der Waals surface area contributed by atoms with Crippen LogP contribution in [0.2, 0.25) is 0 Å². The largest absolute Gasteiger partial charge is 0.321 e. The number of hydrogen-bond acceptors (Lipinski definition) is 3. The van der Waals surface area contributed by atoms with Crippen molar-refractivity contribution in [2.24, 2.45) is 5.73 Å². The number of halogens is 2. The third-order valence-corrected chi connectivity index (χ3v) is 1.81. The Bertz CT molecular complexity index is 384. The van der Waals surface area contributed by atoms with Crippen molar-refractivity contribution in [1.29, 1.82) is 0 Å². The molecule has 0 saturated carbocycles. The van der Waals surface area contributed by atoms with Crippen LogP contribution in [-0.2, 0) is 0 Å². The summed E-state index contributed by atoms with van der Waals surface area (Å²) in [6, 6.07) is 3.02. The number of hydrogen-bond donors (Lipinski definition) is 1. The number of nitro benzene ring substituents is 1. The third kappa shape index (κ3) is 3.00. The van der Waals surface area contributed by atoms with Crippen LogP contribution in [-0.4, -0.2) is 4.92 Å². The quantitative estimate of drug-likeness (QED) is 0.494. The normalized spacial score (nSPS) is 11.3. The van der Waals surface area contributed by atoms with Crippen LogP contribution in [0.4, 0.5) is 10.1 Å². The van der Waals surface area contributed by atoms with Gasteiger partial charge in [-0.1, -0.05) is 12.1 Å². The highest BCUT2D eigenvalue weighted by molar-refractivity contribution is 5.85. The second kappa shape index (κ2) is 5.43. The van der Waals surface area contributed by atoms with Gasteiger partial charge in [0, 0.05) is 12.1 Å². The summed E-state index contributed by atoms with van der Waals surface area (Å²) in [6.45, 7) is 3.45. The van der Waals surface area contributed by atoms with Gasteiger partial charge in [0.15, 0.2) is 0 Å². The van der Waals surface area contributed by atoms with Gasteiger partial charge in [-0.2, -0.15) is 4.39 Å². The van der Waals surface area contributed by atoms with Crippen molar-refractivity contribution in [3.63, 3.8) is 0 Å². The molecule has 1 rings (SSSR count). The Morgan fingerprint density at radius 3 is 2.67 bits per heavy atom. The van der Waals surface area contributed by atoms with E-state index in [2.05, 4.69) is 6.58 Å². The van der Waals surface area contributed by atoms with Crippen molar-refractivity contribution in [1.82, 2.24) is 0 Å². The van der Waals surface area contributed by atoms with Crippen LogP contribution in [0.15, 0.2) is 30.9 Å². The molecule has 0 heterocycles. The van der Waals surface area contributed by atoms with Crippen LogP contribution in [0.25, 0.3) is 0 Å². The van der Waals surface area contributed by atoms with Gasteiger partial charge in [0.05, 0.1) is 4.92 Å². The molecule has 2 N–H and O–H groups in total. The second-order valence-corrected chi connectivity index (χ2v) is 2.73. The summed E-state index contributed by atoms with van der Waals surface area (Å²) in [5, 5.41) is 10.4. The summed E-state index contributed by atoms with van der Waals surface area (Å²) in [5.74, 6) is -0.866. The zero-order chi connectivity index (χ0) is 10.7. The Morgan fingerprint density at radius 1 is 1.60 bits per heavy atom. The van der Waals surface area contributed by atoms with Crippen molar-refractivity contribution < 1.29 is 9.31 Å². The van der Waals surface area contributed by atoms with Gasteiger partial charge in [-0.3, -0.25) is 10.1 Å². The Hall–Kier alpha value is -1.46. The van der Waals surface area contributed by atoms with E-state index < -0.39 is 22.5 Å². The topological polar surface area (TPSA) is 69.2 Å². The van der Waals surface area contributed by atoms with Crippen LogP contribution in [0.1, 0.15) is 11.6 Å². The molecule has 82 valence electrons. The molecule has 0 aromatic heterocycles. The lowest BCUT2D eigenvalue weighted by atomic mass is 10.1. The van der Waals surface area contributed by atoms with E-state index >= 15 is 0 Å². The Balaban J connectivity index is 0.00000196. The van der Waals surface area contributed by atoms with Gasteiger partial charge in [0.25, 0.3) is 0 Å². The number of rotatable bonds is 3. The zero-order valence-electron chi connectivity index (χ0n) is 7.72. The standard InChI is InChI=1S/C9H9FN2O2.ClH/c1-2-8(11)6-3-4-7(10)9(5-6)12(13)14;/h2-5,8H,1,11H2;1H/t8-;/m1./s1. The molecule has 1 atom stereocenters. The highest BCUT2D eigenvalue weighted by Gasteiger charge is 2.15. The molecule has 0 saturated heterocycles. The molecule has 0 spiro atoms. The summed E-state index contributed by atoms with van der Waals surface area (Å²) in [5.41, 5.74) is 5.45. The van der Waals surface area contributed by atoms with Crippen LogP contribution in [0.5, 0.6) is 0 Å². The minimum Gasteiger partial charge on any atom is -0.321 e. The van der Waals surface area contributed by atoms with E-state index in [1.165, 1.54) is 12.1 Å². The van der Waals surface area contributed by atoms with Gasteiger partial charge in [-0.25, -0.2) is 0 Å². The Labute approximate surface area is 92.1 Å². The van der Waals surface area contributed by atoms with E-state index in [0.717, 1.165) is 12.1 Å². The summed E-state index contributed by atoms with van der Waals surface area (Å²) in [6.07, 6.45) is 1.43. The predicted octanol–water partition coefficient (Wildman–Crippen LogP) is 2.34. The molecule has 0 radical (unpaired) electrons. The first-order valence-corrected chi connectivity index (χ1v) is 3.88. The average Bonchev–Trinajstić information content (AvgIpc) is 2.17. The molecule has 0 fully saturated rings. The number of nitrogens with zero attached hydrogens (tertiary/aromatic N) is 1. The molecule has 4 nitrogen and oxygen atoms in total. The van der Waals surface area contributed by atoms with E-state index in [4.69, 9.17) is 5.73 Å². The minimum absolute atomic E-state index is 0. The van der Waals surface area contributed by atoms with Crippen molar-refractivity contribution >= 4 is 18.1 Å². The molecule has 0 aliphatic heterocycles. The molecule has 0 unspecified atom stereocenters. The van der Waals surface area contributed by atoms with Crippen LogP contribution in [0, 0.1) is 15.9 Å². The maximum atomic E-state index is 12.9. The summed E-state index contributed by atoms with van der Waals surface area (Å²) in [7, 11) is 0. The minimum atomic E-state index is -0.866. The zero-order valence-corrected chi connectivity index (χ0v) is 8.54. The Morgan fingerprint density at radius 2 is 2.20 bits per heavy atom. The summed E-state index contributed by atoms with van der Waals surface area (Å²) < 4.78 is 12.9. The number of nitro groups is 1. The average molecular weight is 233 g/mol. The lowest BCUT2D eigenvalue weighted by Crippen LogP contribution is -2.07. The van der Waals surface area contributed by atoms with E-state index in [0.29, 0.717) is 5.56 Å². The molecular weight excluding hydrogens is 223 g/mol. The SMILES string of the molecule is C=C[C@@H](N)c1ccc(F)c([N+](=O)[O-])c1.Cl. The highest BCUT2D eigenvalue weighted by atomic mass is 35.5. The second-order valence-electron chi connectivity index (χ2n) is 2.73. The highest BCUT2D eigenvalue weighted by Crippen LogP contribution is 2.21. The van der Waals surface area contributed by atoms with Gasteiger partial charge in [0.2, 0.25) is 5.82 Å². The van der Waals surface area contributed by atoms with Crippen LogP contribution >= 0.6 is 12.4 Å². The molecule has 1 aromatic carbocycles. The van der Waals surface area contributed by atoms with E-state index in [1.807, 2.05) is 0 Å². The molecule has 0 aliphatic carbocycles. The van der Waals surface area contributed by atoms with E-state index in [-0.39, 0.29) is 12.4 Å². The van der Waals surface area contributed by atoms with Gasteiger partial charge < -0.3 is 5.73 Å². The first-order valence-electron chi connectivity index (χ1n) is 3.88. The van der Waals surface area contributed by atoms with Gasteiger partial charge in [-0.15, -0.1) is 19.0 Å². The van der Waals surface area contributed by atoms with E-state index in [9.17, 15) is 14.5 Å². The maximum absolute atomic E-state index is 12.9. The number of benzene rings is 1. The monoisotopic (exact) mass is 232 g/mol. The fraction of sp³-hybridized carbons (Fsp3) is 0.111. The van der Waals surface area contributed by atoms with Gasteiger partial charge >= 0.3 is 5.69 Å². The molecular formula is C9H10ClFN2O2. The van der Waals surface area contributed by atoms with Crippen molar-refractivity contribution in [3.8, 4) is 0 Å². The summed E-state index contributed by atoms with van der Waals surface area (Å²) >= 11 is 0. The fourth-order valence-electron chi connectivity index (χ4n) is 1.01. The third-order valence-electron chi connectivity index (χ3n) is 1.81. The molecule has 0 bridgehead atoms. The van der Waals surface area contributed by atoms with Crippen molar-refractivity contribution in [3.05, 3.63) is 52.3 Å². The lowest BCUT2D eigenvalue weighted by molar-refractivity contribution is -0.387. The van der Waals surface area contributed by atoms with Gasteiger partial charge in [-0.05, 0) is 11.6 Å². The smallest absolute Gasteiger partial charge is 0.305 e. The lowest BCUT2D eigenvalue weighted by Gasteiger charge is -2.05. The molecule has 1 aromatic rings. The predicted molar refractivity (Wildman–Crippen MR) is 57.4 cm³/mol. The van der Waals surface area contributed by atoms with Crippen LogP contribution < -0.4 is 5.73 Å². The maximum Gasteiger partial charge on any atom is 0.305 e. The van der Waals surface area contributed by atoms with Crippen LogP contribution in [0.3, 0.4) is 0 Å². The van der Waals surface area contributed by atoms with E-state index in [1.54, 1.807) is 0 Å². The van der Waals surface area contributed by atoms with Crippen molar-refractivity contribution in [2.75, 3.05) is 0 Å².